The van der Waals surface area contributed by atoms with Crippen molar-refractivity contribution < 1.29 is 46.2 Å². The molecule has 14 heteroatoms. The molecule has 2 aliphatic rings. The molecule has 4 atom stereocenters. The predicted molar refractivity (Wildman–Crippen MR) is 130 cm³/mol. The molecule has 0 radical (unpaired) electrons. The molecule has 0 aromatic heterocycles. The smallest absolute Gasteiger partial charge is 0.310 e. The number of halogens is 4. The second-order valence-electron chi connectivity index (χ2n) is 9.40. The number of carbonyl (C=O) groups excluding carboxylic acids is 4. The molecular formula is C26H26F4N4O6. The van der Waals surface area contributed by atoms with Gasteiger partial charge < -0.3 is 30.7 Å². The van der Waals surface area contributed by atoms with Crippen molar-refractivity contribution in [3.05, 3.63) is 64.7 Å². The number of nitrogen functional groups attached to an aromatic ring is 1. The first-order valence-electron chi connectivity index (χ1n) is 12.4. The minimum absolute atomic E-state index is 0.124. The molecule has 2 heterocycles. The van der Waals surface area contributed by atoms with Crippen molar-refractivity contribution in [2.24, 2.45) is 0 Å². The quantitative estimate of drug-likeness (QED) is 0.192. The van der Waals surface area contributed by atoms with Crippen LogP contribution < -0.4 is 16.4 Å². The Bertz CT molecular complexity index is 1300. The molecule has 10 nitrogen and oxygen atoms in total. The largest absolute Gasteiger partial charge is 0.433 e. The zero-order valence-electron chi connectivity index (χ0n) is 21.2. The van der Waals surface area contributed by atoms with Crippen LogP contribution in [0.4, 0.5) is 23.2 Å². The number of amides is 3. The Labute approximate surface area is 225 Å². The van der Waals surface area contributed by atoms with Gasteiger partial charge in [0.15, 0.2) is 23.3 Å². The summed E-state index contributed by atoms with van der Waals surface area (Å²) in [6.07, 6.45) is -0.515. The molecule has 2 aliphatic heterocycles. The molecule has 4 rings (SSSR count). The van der Waals surface area contributed by atoms with Crippen LogP contribution in [0.1, 0.15) is 42.1 Å². The fourth-order valence-electron chi connectivity index (χ4n) is 4.57. The SMILES string of the molecule is C[C@H](NC(=O)c1c(F)c(F)c(N)c(F)c1F)C(=O)N1CCCC1C(=O)N[C@H]1CC(=O)O[C@H]1OCc1ccccc1. The molecule has 1 unspecified atom stereocenters. The van der Waals surface area contributed by atoms with Crippen LogP contribution in [0.15, 0.2) is 30.3 Å². The summed E-state index contributed by atoms with van der Waals surface area (Å²) < 4.78 is 66.7. The Balaban J connectivity index is 1.39. The highest BCUT2D eigenvalue weighted by atomic mass is 19.2. The van der Waals surface area contributed by atoms with E-state index in [1.165, 1.54) is 6.92 Å². The highest BCUT2D eigenvalue weighted by molar-refractivity contribution is 5.99. The number of rotatable bonds is 8. The molecule has 2 saturated heterocycles. The Morgan fingerprint density at radius 1 is 1.10 bits per heavy atom. The normalized spacial score (nSPS) is 21.2. The van der Waals surface area contributed by atoms with E-state index in [9.17, 15) is 36.7 Å². The first kappa shape index (κ1) is 28.8. The Kier molecular flexibility index (Phi) is 8.57. The van der Waals surface area contributed by atoms with Gasteiger partial charge >= 0.3 is 5.97 Å². The van der Waals surface area contributed by atoms with Crippen LogP contribution in [0.2, 0.25) is 0 Å². The Morgan fingerprint density at radius 3 is 2.40 bits per heavy atom. The third-order valence-corrected chi connectivity index (χ3v) is 6.63. The van der Waals surface area contributed by atoms with Crippen LogP contribution in [-0.2, 0) is 30.5 Å². The van der Waals surface area contributed by atoms with Crippen molar-refractivity contribution in [1.82, 2.24) is 15.5 Å². The van der Waals surface area contributed by atoms with Gasteiger partial charge in [-0.2, -0.15) is 0 Å². The zero-order valence-corrected chi connectivity index (χ0v) is 21.2. The van der Waals surface area contributed by atoms with Gasteiger partial charge in [0.05, 0.1) is 13.0 Å². The molecule has 2 aromatic carbocycles. The zero-order chi connectivity index (χ0) is 29.1. The standard InChI is InChI=1S/C26H26F4N4O6/c1-12(32-24(37)17-18(27)20(29)22(31)21(30)19(17)28)25(38)34-9-5-8-15(34)23(36)33-14-10-16(35)40-26(14)39-11-13-6-3-2-4-7-13/h2-4,6-7,12,14-15,26H,5,8-11,31H2,1H3,(H,32,37)(H,33,36)/t12-,14-,15?,26+/m0/s1. The van der Waals surface area contributed by atoms with E-state index in [0.717, 1.165) is 10.5 Å². The monoisotopic (exact) mass is 566 g/mol. The van der Waals surface area contributed by atoms with E-state index >= 15 is 0 Å². The van der Waals surface area contributed by atoms with E-state index in [1.807, 2.05) is 35.6 Å². The van der Waals surface area contributed by atoms with Crippen LogP contribution in [0.25, 0.3) is 0 Å². The summed E-state index contributed by atoms with van der Waals surface area (Å²) in [6, 6.07) is 5.85. The molecule has 40 heavy (non-hydrogen) atoms. The van der Waals surface area contributed by atoms with Gasteiger partial charge in [-0.25, -0.2) is 17.6 Å². The number of likely N-dealkylation sites (tertiary alicyclic amines) is 1. The van der Waals surface area contributed by atoms with Gasteiger partial charge in [-0.15, -0.1) is 0 Å². The number of benzene rings is 2. The number of hydrogen-bond acceptors (Lipinski definition) is 7. The van der Waals surface area contributed by atoms with E-state index < -0.39 is 82.6 Å². The second kappa shape index (κ2) is 11.9. The molecule has 214 valence electrons. The summed E-state index contributed by atoms with van der Waals surface area (Å²) in [5.41, 5.74) is 2.77. The number of hydrogen-bond donors (Lipinski definition) is 3. The van der Waals surface area contributed by atoms with Crippen LogP contribution in [0, 0.1) is 23.3 Å². The fourth-order valence-corrected chi connectivity index (χ4v) is 4.57. The van der Waals surface area contributed by atoms with Crippen molar-refractivity contribution in [2.75, 3.05) is 12.3 Å². The van der Waals surface area contributed by atoms with Gasteiger partial charge in [0.2, 0.25) is 18.1 Å². The van der Waals surface area contributed by atoms with Gasteiger partial charge in [0, 0.05) is 6.54 Å². The molecule has 0 bridgehead atoms. The molecule has 2 fully saturated rings. The van der Waals surface area contributed by atoms with E-state index in [2.05, 4.69) is 5.32 Å². The molecule has 0 spiro atoms. The lowest BCUT2D eigenvalue weighted by atomic mass is 10.1. The molecule has 3 amide bonds. The number of anilines is 1. The van der Waals surface area contributed by atoms with Gasteiger partial charge in [-0.05, 0) is 25.3 Å². The number of esters is 1. The summed E-state index contributed by atoms with van der Waals surface area (Å²) >= 11 is 0. The lowest BCUT2D eigenvalue weighted by molar-refractivity contribution is -0.168. The van der Waals surface area contributed by atoms with Crippen molar-refractivity contribution in [3.63, 3.8) is 0 Å². The molecule has 4 N–H and O–H groups in total. The molecule has 0 aliphatic carbocycles. The van der Waals surface area contributed by atoms with Crippen LogP contribution in [-0.4, -0.2) is 59.6 Å². The van der Waals surface area contributed by atoms with Crippen molar-refractivity contribution in [3.8, 4) is 0 Å². The third kappa shape index (κ3) is 5.86. The topological polar surface area (TPSA) is 140 Å². The van der Waals surface area contributed by atoms with Gasteiger partial charge in [0.1, 0.15) is 29.4 Å². The number of cyclic esters (lactones) is 1. The first-order chi connectivity index (χ1) is 19.0. The lowest BCUT2D eigenvalue weighted by Crippen LogP contribution is -2.54. The summed E-state index contributed by atoms with van der Waals surface area (Å²) in [7, 11) is 0. The van der Waals surface area contributed by atoms with Gasteiger partial charge in [-0.3, -0.25) is 19.2 Å². The maximum absolute atomic E-state index is 14.2. The van der Waals surface area contributed by atoms with Crippen molar-refractivity contribution >= 4 is 29.4 Å². The van der Waals surface area contributed by atoms with Gasteiger partial charge in [-0.1, -0.05) is 30.3 Å². The maximum Gasteiger partial charge on any atom is 0.310 e. The summed E-state index contributed by atoms with van der Waals surface area (Å²) in [6.45, 7) is 1.43. The van der Waals surface area contributed by atoms with Crippen molar-refractivity contribution in [2.45, 2.75) is 57.2 Å². The number of ether oxygens (including phenoxy) is 2. The Morgan fingerprint density at radius 2 is 1.75 bits per heavy atom. The van der Waals surface area contributed by atoms with Crippen LogP contribution >= 0.6 is 0 Å². The average molecular weight is 567 g/mol. The molecule has 2 aromatic rings. The first-order valence-corrected chi connectivity index (χ1v) is 12.4. The van der Waals surface area contributed by atoms with E-state index in [-0.39, 0.29) is 26.0 Å². The Hall–Kier alpha value is -4.20. The number of nitrogens with zero attached hydrogens (tertiary/aromatic N) is 1. The minimum Gasteiger partial charge on any atom is -0.433 e. The number of carbonyl (C=O) groups is 4. The van der Waals surface area contributed by atoms with E-state index in [4.69, 9.17) is 15.2 Å². The van der Waals surface area contributed by atoms with E-state index in [0.29, 0.717) is 6.42 Å². The maximum atomic E-state index is 14.2. The van der Waals surface area contributed by atoms with Gasteiger partial charge in [0.25, 0.3) is 5.91 Å². The second-order valence-corrected chi connectivity index (χ2v) is 9.40. The van der Waals surface area contributed by atoms with E-state index in [1.54, 1.807) is 0 Å². The predicted octanol–water partition coefficient (Wildman–Crippen LogP) is 1.91. The number of nitrogens with one attached hydrogen (secondary N) is 2. The summed E-state index contributed by atoms with van der Waals surface area (Å²) in [5.74, 6) is -11.4. The minimum atomic E-state index is -2.01. The van der Waals surface area contributed by atoms with Crippen molar-refractivity contribution in [1.29, 1.82) is 0 Å². The van der Waals surface area contributed by atoms with Crippen LogP contribution in [0.3, 0.4) is 0 Å². The summed E-state index contributed by atoms with van der Waals surface area (Å²) in [4.78, 5) is 51.7. The highest BCUT2D eigenvalue weighted by Crippen LogP contribution is 2.26. The highest BCUT2D eigenvalue weighted by Gasteiger charge is 2.42. The lowest BCUT2D eigenvalue weighted by Gasteiger charge is -2.28. The van der Waals surface area contributed by atoms with Crippen LogP contribution in [0.5, 0.6) is 0 Å². The summed E-state index contributed by atoms with van der Waals surface area (Å²) in [5, 5.41) is 4.68. The molecular weight excluding hydrogens is 540 g/mol. The average Bonchev–Trinajstić information content (AvgIpc) is 3.56. The fraction of sp³-hybridized carbons (Fsp3) is 0.385. The number of nitrogens with two attached hydrogens (primary N) is 1. The molecule has 0 saturated carbocycles. The third-order valence-electron chi connectivity index (χ3n) is 6.63.